The summed E-state index contributed by atoms with van der Waals surface area (Å²) in [5.41, 5.74) is 7.75. The number of aryl methyl sites for hydroxylation is 1. The first kappa shape index (κ1) is 13.1. The molecule has 0 aliphatic carbocycles. The second kappa shape index (κ2) is 5.57. The minimum Gasteiger partial charge on any atom is -0.397 e. The van der Waals surface area contributed by atoms with Crippen molar-refractivity contribution in [3.8, 4) is 0 Å². The molecular weight excluding hydrogens is 229 g/mol. The van der Waals surface area contributed by atoms with Crippen molar-refractivity contribution in [1.82, 2.24) is 4.90 Å². The summed E-state index contributed by atoms with van der Waals surface area (Å²) in [6.45, 7) is 7.17. The minimum absolute atomic E-state index is 0.245. The Balaban J connectivity index is 1.95. The van der Waals surface area contributed by atoms with Crippen LogP contribution in [0.1, 0.15) is 25.3 Å². The molecule has 1 aliphatic heterocycles. The normalized spacial score (nSPS) is 17.9. The van der Waals surface area contributed by atoms with Crippen molar-refractivity contribution in [2.24, 2.45) is 0 Å². The number of rotatable bonds is 4. The van der Waals surface area contributed by atoms with Crippen molar-refractivity contribution in [3.05, 3.63) is 23.5 Å². The lowest BCUT2D eigenvalue weighted by atomic mass is 10.1. The molecule has 0 bridgehead atoms. The first-order valence-corrected chi connectivity index (χ1v) is 6.61. The van der Waals surface area contributed by atoms with Gasteiger partial charge in [-0.2, -0.15) is 0 Å². The first-order valence-electron chi connectivity index (χ1n) is 6.61. The van der Waals surface area contributed by atoms with Crippen LogP contribution in [0.2, 0.25) is 0 Å². The van der Waals surface area contributed by atoms with Gasteiger partial charge in [0, 0.05) is 12.6 Å². The maximum Gasteiger partial charge on any atom is 0.128 e. The number of likely N-dealkylation sites (tertiary alicyclic amines) is 1. The Hall–Kier alpha value is -1.29. The Morgan fingerprint density at radius 1 is 1.39 bits per heavy atom. The highest BCUT2D eigenvalue weighted by atomic mass is 19.1. The SMILES string of the molecule is Cc1cc(NCC(C)N2CCCC2)c(N)cc1F. The average Bonchev–Trinajstić information content (AvgIpc) is 2.85. The maximum atomic E-state index is 13.3. The van der Waals surface area contributed by atoms with E-state index >= 15 is 0 Å². The highest BCUT2D eigenvalue weighted by Gasteiger charge is 2.17. The molecule has 100 valence electrons. The summed E-state index contributed by atoms with van der Waals surface area (Å²) in [4.78, 5) is 2.47. The van der Waals surface area contributed by atoms with E-state index in [9.17, 15) is 4.39 Å². The molecule has 1 aromatic carbocycles. The molecule has 1 saturated heterocycles. The fourth-order valence-electron chi connectivity index (χ4n) is 2.42. The zero-order valence-electron chi connectivity index (χ0n) is 11.2. The standard InChI is InChI=1S/C14H22FN3/c1-10-7-14(13(16)8-12(10)15)17-9-11(2)18-5-3-4-6-18/h7-8,11,17H,3-6,9,16H2,1-2H3. The van der Waals surface area contributed by atoms with Gasteiger partial charge in [0.2, 0.25) is 0 Å². The number of hydrogen-bond donors (Lipinski definition) is 2. The largest absolute Gasteiger partial charge is 0.397 e. The van der Waals surface area contributed by atoms with Crippen LogP contribution in [0.3, 0.4) is 0 Å². The van der Waals surface area contributed by atoms with Gasteiger partial charge in [-0.1, -0.05) is 0 Å². The van der Waals surface area contributed by atoms with Crippen molar-refractivity contribution in [1.29, 1.82) is 0 Å². The van der Waals surface area contributed by atoms with Crippen molar-refractivity contribution in [2.75, 3.05) is 30.7 Å². The highest BCUT2D eigenvalue weighted by molar-refractivity contribution is 5.67. The Kier molecular flexibility index (Phi) is 4.07. The van der Waals surface area contributed by atoms with E-state index in [1.54, 1.807) is 13.0 Å². The molecule has 1 atom stereocenters. The lowest BCUT2D eigenvalue weighted by Gasteiger charge is -2.24. The van der Waals surface area contributed by atoms with Crippen LogP contribution in [0.25, 0.3) is 0 Å². The van der Waals surface area contributed by atoms with E-state index in [1.165, 1.54) is 32.0 Å². The van der Waals surface area contributed by atoms with E-state index in [0.29, 0.717) is 17.3 Å². The number of nitrogen functional groups attached to an aromatic ring is 1. The molecule has 0 radical (unpaired) electrons. The lowest BCUT2D eigenvalue weighted by molar-refractivity contribution is 0.269. The third-order valence-electron chi connectivity index (χ3n) is 3.68. The van der Waals surface area contributed by atoms with Crippen LogP contribution < -0.4 is 11.1 Å². The van der Waals surface area contributed by atoms with Crippen LogP contribution in [0.4, 0.5) is 15.8 Å². The zero-order chi connectivity index (χ0) is 13.1. The van der Waals surface area contributed by atoms with Crippen LogP contribution in [-0.2, 0) is 0 Å². The van der Waals surface area contributed by atoms with E-state index in [4.69, 9.17) is 5.73 Å². The topological polar surface area (TPSA) is 41.3 Å². The zero-order valence-corrected chi connectivity index (χ0v) is 11.2. The van der Waals surface area contributed by atoms with Crippen LogP contribution in [0.15, 0.2) is 12.1 Å². The summed E-state index contributed by atoms with van der Waals surface area (Å²) in [7, 11) is 0. The summed E-state index contributed by atoms with van der Waals surface area (Å²) < 4.78 is 13.3. The van der Waals surface area contributed by atoms with E-state index in [2.05, 4.69) is 17.1 Å². The number of benzene rings is 1. The van der Waals surface area contributed by atoms with Gasteiger partial charge in [-0.05, 0) is 57.5 Å². The Bertz CT molecular complexity index is 414. The Labute approximate surface area is 108 Å². The van der Waals surface area contributed by atoms with Crippen LogP contribution in [0, 0.1) is 12.7 Å². The summed E-state index contributed by atoms with van der Waals surface area (Å²) in [5.74, 6) is -0.245. The molecule has 4 heteroatoms. The molecule has 0 aromatic heterocycles. The molecule has 2 rings (SSSR count). The van der Waals surface area contributed by atoms with Gasteiger partial charge in [0.1, 0.15) is 5.82 Å². The number of halogens is 1. The summed E-state index contributed by atoms with van der Waals surface area (Å²) in [6, 6.07) is 3.65. The monoisotopic (exact) mass is 251 g/mol. The Morgan fingerprint density at radius 3 is 2.72 bits per heavy atom. The van der Waals surface area contributed by atoms with E-state index in [1.807, 2.05) is 0 Å². The van der Waals surface area contributed by atoms with Gasteiger partial charge < -0.3 is 11.1 Å². The van der Waals surface area contributed by atoms with Gasteiger partial charge in [0.05, 0.1) is 11.4 Å². The van der Waals surface area contributed by atoms with Crippen molar-refractivity contribution in [3.63, 3.8) is 0 Å². The molecule has 0 spiro atoms. The number of anilines is 2. The second-order valence-electron chi connectivity index (χ2n) is 5.16. The molecule has 0 saturated carbocycles. The number of nitrogens with two attached hydrogens (primary N) is 1. The molecule has 1 aliphatic rings. The van der Waals surface area contributed by atoms with E-state index in [-0.39, 0.29) is 5.82 Å². The smallest absolute Gasteiger partial charge is 0.128 e. The first-order chi connectivity index (χ1) is 8.58. The van der Waals surface area contributed by atoms with Gasteiger partial charge in [-0.15, -0.1) is 0 Å². The van der Waals surface area contributed by atoms with Crippen molar-refractivity contribution < 1.29 is 4.39 Å². The maximum absolute atomic E-state index is 13.3. The molecule has 18 heavy (non-hydrogen) atoms. The summed E-state index contributed by atoms with van der Waals surface area (Å²) in [5, 5.41) is 3.32. The van der Waals surface area contributed by atoms with Gasteiger partial charge in [-0.25, -0.2) is 4.39 Å². The summed E-state index contributed by atoms with van der Waals surface area (Å²) >= 11 is 0. The third-order valence-corrected chi connectivity index (χ3v) is 3.68. The van der Waals surface area contributed by atoms with Crippen LogP contribution in [0.5, 0.6) is 0 Å². The van der Waals surface area contributed by atoms with Gasteiger partial charge in [0.15, 0.2) is 0 Å². The van der Waals surface area contributed by atoms with E-state index in [0.717, 1.165) is 12.2 Å². The highest BCUT2D eigenvalue weighted by Crippen LogP contribution is 2.23. The fraction of sp³-hybridized carbons (Fsp3) is 0.571. The van der Waals surface area contributed by atoms with Gasteiger partial charge in [-0.3, -0.25) is 4.90 Å². The Morgan fingerprint density at radius 2 is 2.06 bits per heavy atom. The second-order valence-corrected chi connectivity index (χ2v) is 5.16. The average molecular weight is 251 g/mol. The third kappa shape index (κ3) is 2.93. The molecule has 3 nitrogen and oxygen atoms in total. The van der Waals surface area contributed by atoms with E-state index < -0.39 is 0 Å². The number of nitrogens with zero attached hydrogens (tertiary/aromatic N) is 1. The van der Waals surface area contributed by atoms with Crippen molar-refractivity contribution in [2.45, 2.75) is 32.7 Å². The van der Waals surface area contributed by atoms with Crippen LogP contribution in [-0.4, -0.2) is 30.6 Å². The predicted molar refractivity (Wildman–Crippen MR) is 74.3 cm³/mol. The molecule has 0 amide bonds. The molecule has 1 unspecified atom stereocenters. The molecular formula is C14H22FN3. The number of hydrogen-bond acceptors (Lipinski definition) is 3. The molecule has 3 N–H and O–H groups in total. The van der Waals surface area contributed by atoms with Crippen molar-refractivity contribution >= 4 is 11.4 Å². The molecule has 1 heterocycles. The van der Waals surface area contributed by atoms with Gasteiger partial charge >= 0.3 is 0 Å². The minimum atomic E-state index is -0.245. The lowest BCUT2D eigenvalue weighted by Crippen LogP contribution is -2.35. The summed E-state index contributed by atoms with van der Waals surface area (Å²) in [6.07, 6.45) is 2.59. The van der Waals surface area contributed by atoms with Crippen LogP contribution >= 0.6 is 0 Å². The molecule has 1 aromatic rings. The molecule has 1 fully saturated rings. The number of nitrogens with one attached hydrogen (secondary N) is 1. The quantitative estimate of drug-likeness (QED) is 0.808. The predicted octanol–water partition coefficient (Wildman–Crippen LogP) is 2.61. The van der Waals surface area contributed by atoms with Gasteiger partial charge in [0.25, 0.3) is 0 Å². The fourth-order valence-corrected chi connectivity index (χ4v) is 2.42.